The highest BCUT2D eigenvalue weighted by molar-refractivity contribution is 6.51. The molecule has 1 atom stereocenters. The molecule has 5 nitrogen and oxygen atoms in total. The minimum Gasteiger partial charge on any atom is -0.507 e. The topological polar surface area (TPSA) is 70.5 Å². The average Bonchev–Trinajstić information content (AvgIpc) is 3.02. The molecule has 1 amide bonds. The fraction of sp³-hybridized carbons (Fsp3) is 0.0455. The Labute approximate surface area is 164 Å². The molecule has 144 valence electrons. The second kappa shape index (κ2) is 7.27. The van der Waals surface area contributed by atoms with Crippen LogP contribution in [0.4, 0.5) is 14.5 Å². The van der Waals surface area contributed by atoms with Gasteiger partial charge in [0.25, 0.3) is 11.7 Å². The number of nitrogens with zero attached hydrogens (tertiary/aromatic N) is 2. The van der Waals surface area contributed by atoms with E-state index in [1.807, 2.05) is 0 Å². The first-order valence-electron chi connectivity index (χ1n) is 8.70. The Bertz CT molecular complexity index is 1130. The van der Waals surface area contributed by atoms with Gasteiger partial charge in [-0.3, -0.25) is 19.5 Å². The van der Waals surface area contributed by atoms with E-state index < -0.39 is 29.4 Å². The summed E-state index contributed by atoms with van der Waals surface area (Å²) in [6, 6.07) is 13.4. The van der Waals surface area contributed by atoms with Crippen LogP contribution in [0.2, 0.25) is 0 Å². The summed E-state index contributed by atoms with van der Waals surface area (Å²) in [6.45, 7) is 0. The van der Waals surface area contributed by atoms with E-state index in [1.54, 1.807) is 42.5 Å². The average molecular weight is 392 g/mol. The van der Waals surface area contributed by atoms with Crippen molar-refractivity contribution in [1.82, 2.24) is 4.98 Å². The van der Waals surface area contributed by atoms with E-state index in [1.165, 1.54) is 18.5 Å². The van der Waals surface area contributed by atoms with Crippen LogP contribution in [-0.2, 0) is 9.59 Å². The molecule has 1 fully saturated rings. The van der Waals surface area contributed by atoms with Crippen molar-refractivity contribution in [1.29, 1.82) is 0 Å². The largest absolute Gasteiger partial charge is 0.507 e. The number of carbonyl (C=O) groups excluding carboxylic acids is 2. The van der Waals surface area contributed by atoms with Gasteiger partial charge in [0.05, 0.1) is 11.6 Å². The van der Waals surface area contributed by atoms with Gasteiger partial charge >= 0.3 is 0 Å². The molecular formula is C22H14F2N2O3. The Balaban J connectivity index is 1.95. The van der Waals surface area contributed by atoms with E-state index in [4.69, 9.17) is 0 Å². The molecule has 2 heterocycles. The van der Waals surface area contributed by atoms with Crippen molar-refractivity contribution in [2.75, 3.05) is 4.90 Å². The first kappa shape index (κ1) is 18.5. The van der Waals surface area contributed by atoms with E-state index in [-0.39, 0.29) is 17.0 Å². The number of rotatable bonds is 3. The van der Waals surface area contributed by atoms with Crippen molar-refractivity contribution in [3.05, 3.63) is 101 Å². The van der Waals surface area contributed by atoms with Crippen LogP contribution in [0.15, 0.2) is 78.6 Å². The Morgan fingerprint density at radius 3 is 2.38 bits per heavy atom. The molecule has 1 aromatic heterocycles. The number of aliphatic hydroxyl groups excluding tert-OH is 1. The molecule has 0 spiro atoms. The molecule has 3 aromatic rings. The standard InChI is InChI=1S/C22H14F2N2O3/c23-16-9-8-15(11-17(16)24)26-19(14-7-4-10-25-12-14)18(21(28)22(26)29)20(27)13-5-2-1-3-6-13/h1-12,19,27H/b20-18+. The molecule has 1 unspecified atom stereocenters. The van der Waals surface area contributed by atoms with Gasteiger partial charge in [-0.2, -0.15) is 0 Å². The normalized spacial score (nSPS) is 18.3. The van der Waals surface area contributed by atoms with Crippen molar-refractivity contribution in [3.63, 3.8) is 0 Å². The van der Waals surface area contributed by atoms with E-state index >= 15 is 0 Å². The van der Waals surface area contributed by atoms with Crippen molar-refractivity contribution in [2.24, 2.45) is 0 Å². The number of amides is 1. The Hall–Kier alpha value is -3.87. The van der Waals surface area contributed by atoms with Crippen molar-refractivity contribution < 1.29 is 23.5 Å². The van der Waals surface area contributed by atoms with Crippen LogP contribution in [-0.4, -0.2) is 21.8 Å². The summed E-state index contributed by atoms with van der Waals surface area (Å²) in [5.41, 5.74) is 0.629. The first-order valence-corrected chi connectivity index (χ1v) is 8.70. The number of carbonyl (C=O) groups is 2. The van der Waals surface area contributed by atoms with Crippen LogP contribution in [0, 0.1) is 11.6 Å². The van der Waals surface area contributed by atoms with Crippen molar-refractivity contribution in [3.8, 4) is 0 Å². The fourth-order valence-corrected chi connectivity index (χ4v) is 3.34. The summed E-state index contributed by atoms with van der Waals surface area (Å²) in [4.78, 5) is 30.7. The van der Waals surface area contributed by atoms with Gasteiger partial charge in [-0.15, -0.1) is 0 Å². The second-order valence-corrected chi connectivity index (χ2v) is 6.42. The quantitative estimate of drug-likeness (QED) is 0.416. The number of aromatic nitrogens is 1. The molecular weight excluding hydrogens is 378 g/mol. The van der Waals surface area contributed by atoms with Gasteiger partial charge in [0.15, 0.2) is 11.6 Å². The van der Waals surface area contributed by atoms with Crippen LogP contribution in [0.3, 0.4) is 0 Å². The maximum absolute atomic E-state index is 13.8. The second-order valence-electron chi connectivity index (χ2n) is 6.42. The molecule has 1 N–H and O–H groups in total. The van der Waals surface area contributed by atoms with Gasteiger partial charge in [-0.05, 0) is 23.8 Å². The number of benzene rings is 2. The highest BCUT2D eigenvalue weighted by Gasteiger charge is 2.47. The zero-order chi connectivity index (χ0) is 20.5. The molecule has 1 aliphatic heterocycles. The van der Waals surface area contributed by atoms with Crippen LogP contribution >= 0.6 is 0 Å². The van der Waals surface area contributed by atoms with Gasteiger partial charge in [0.2, 0.25) is 0 Å². The fourth-order valence-electron chi connectivity index (χ4n) is 3.34. The van der Waals surface area contributed by atoms with Gasteiger partial charge in [0, 0.05) is 29.7 Å². The highest BCUT2D eigenvalue weighted by atomic mass is 19.2. The van der Waals surface area contributed by atoms with Gasteiger partial charge in [-0.25, -0.2) is 8.78 Å². The maximum Gasteiger partial charge on any atom is 0.300 e. The summed E-state index contributed by atoms with van der Waals surface area (Å²) < 4.78 is 27.2. The first-order chi connectivity index (χ1) is 14.0. The number of Topliss-reactive ketones (excluding diaryl/α,β-unsaturated/α-hetero) is 1. The molecule has 0 saturated carbocycles. The van der Waals surface area contributed by atoms with Crippen molar-refractivity contribution in [2.45, 2.75) is 6.04 Å². The molecule has 0 radical (unpaired) electrons. The lowest BCUT2D eigenvalue weighted by Gasteiger charge is -2.25. The Morgan fingerprint density at radius 2 is 1.72 bits per heavy atom. The smallest absolute Gasteiger partial charge is 0.300 e. The molecule has 1 aliphatic rings. The van der Waals surface area contributed by atoms with Gasteiger partial charge in [0.1, 0.15) is 5.76 Å². The Morgan fingerprint density at radius 1 is 0.966 bits per heavy atom. The van der Waals surface area contributed by atoms with E-state index in [2.05, 4.69) is 4.98 Å². The lowest BCUT2D eigenvalue weighted by molar-refractivity contribution is -0.132. The third-order valence-electron chi connectivity index (χ3n) is 4.67. The maximum atomic E-state index is 13.8. The summed E-state index contributed by atoms with van der Waals surface area (Å²) in [5, 5.41) is 10.8. The third kappa shape index (κ3) is 3.16. The van der Waals surface area contributed by atoms with Crippen LogP contribution in [0.25, 0.3) is 5.76 Å². The molecule has 29 heavy (non-hydrogen) atoms. The van der Waals surface area contributed by atoms with E-state index in [0.717, 1.165) is 17.0 Å². The summed E-state index contributed by atoms with van der Waals surface area (Å²) in [5.74, 6) is -4.47. The predicted molar refractivity (Wildman–Crippen MR) is 102 cm³/mol. The molecule has 0 aliphatic carbocycles. The number of anilines is 1. The van der Waals surface area contributed by atoms with Crippen LogP contribution in [0.1, 0.15) is 17.2 Å². The number of ketones is 1. The predicted octanol–water partition coefficient (Wildman–Crippen LogP) is 3.99. The number of aliphatic hydroxyl groups is 1. The van der Waals surface area contributed by atoms with E-state index in [0.29, 0.717) is 11.1 Å². The molecule has 1 saturated heterocycles. The molecule has 4 rings (SSSR count). The molecule has 2 aromatic carbocycles. The third-order valence-corrected chi connectivity index (χ3v) is 4.67. The number of hydrogen-bond donors (Lipinski definition) is 1. The number of halogens is 2. The minimum absolute atomic E-state index is 0.00744. The van der Waals surface area contributed by atoms with E-state index in [9.17, 15) is 23.5 Å². The molecule has 7 heteroatoms. The lowest BCUT2D eigenvalue weighted by atomic mass is 9.96. The van der Waals surface area contributed by atoms with Gasteiger partial charge in [-0.1, -0.05) is 36.4 Å². The van der Waals surface area contributed by atoms with Crippen molar-refractivity contribution >= 4 is 23.1 Å². The number of pyridine rings is 1. The highest BCUT2D eigenvalue weighted by Crippen LogP contribution is 2.42. The Kier molecular flexibility index (Phi) is 4.64. The monoisotopic (exact) mass is 392 g/mol. The lowest BCUT2D eigenvalue weighted by Crippen LogP contribution is -2.29. The SMILES string of the molecule is O=C1C(=O)N(c2ccc(F)c(F)c2)C(c2cccnc2)/C1=C(\O)c1ccccc1. The number of hydrogen-bond acceptors (Lipinski definition) is 4. The van der Waals surface area contributed by atoms with Gasteiger partial charge < -0.3 is 5.11 Å². The molecule has 0 bridgehead atoms. The minimum atomic E-state index is -1.16. The van der Waals surface area contributed by atoms with Crippen LogP contribution < -0.4 is 4.90 Å². The zero-order valence-electron chi connectivity index (χ0n) is 14.9. The zero-order valence-corrected chi connectivity index (χ0v) is 14.9. The van der Waals surface area contributed by atoms with Crippen LogP contribution in [0.5, 0.6) is 0 Å². The summed E-state index contributed by atoms with van der Waals surface area (Å²) in [7, 11) is 0. The summed E-state index contributed by atoms with van der Waals surface area (Å²) in [6.07, 6.45) is 2.96. The summed E-state index contributed by atoms with van der Waals surface area (Å²) >= 11 is 0.